The van der Waals surface area contributed by atoms with Crippen LogP contribution in [0.1, 0.15) is 49.0 Å². The van der Waals surface area contributed by atoms with Crippen molar-refractivity contribution in [2.24, 2.45) is 5.73 Å². The lowest BCUT2D eigenvalue weighted by Gasteiger charge is -2.28. The van der Waals surface area contributed by atoms with Crippen molar-refractivity contribution in [2.75, 3.05) is 41.8 Å². The van der Waals surface area contributed by atoms with Gasteiger partial charge in [-0.25, -0.2) is 23.5 Å². The van der Waals surface area contributed by atoms with Crippen LogP contribution in [0.15, 0.2) is 35.8 Å². The van der Waals surface area contributed by atoms with Crippen molar-refractivity contribution in [3.05, 3.63) is 57.9 Å². The summed E-state index contributed by atoms with van der Waals surface area (Å²) in [4.78, 5) is 35.6. The highest BCUT2D eigenvalue weighted by Gasteiger charge is 2.27. The number of hydrogen-bond donors (Lipinski definition) is 4. The van der Waals surface area contributed by atoms with E-state index in [0.29, 0.717) is 26.3 Å². The number of primary amides is 1. The number of thiophene rings is 1. The van der Waals surface area contributed by atoms with Crippen molar-refractivity contribution in [3.63, 3.8) is 0 Å². The second kappa shape index (κ2) is 12.6. The van der Waals surface area contributed by atoms with Crippen molar-refractivity contribution >= 4 is 46.5 Å². The molecule has 4 rings (SSSR count). The van der Waals surface area contributed by atoms with E-state index >= 15 is 4.39 Å². The highest BCUT2D eigenvalue weighted by atomic mass is 32.1. The maximum atomic E-state index is 15.2. The van der Waals surface area contributed by atoms with Crippen LogP contribution in [0.5, 0.6) is 0 Å². The fraction of sp³-hybridized carbons (Fsp3) is 0.407. The number of nitrogens with zero attached hydrogens (tertiary/aromatic N) is 3. The molecule has 0 unspecified atom stereocenters. The second-order valence-electron chi connectivity index (χ2n) is 10.4. The third kappa shape index (κ3) is 7.79. The van der Waals surface area contributed by atoms with Gasteiger partial charge in [-0.05, 0) is 45.2 Å². The Bertz CT molecular complexity index is 1380. The number of anilines is 4. The summed E-state index contributed by atoms with van der Waals surface area (Å²) in [5.74, 6) is -2.50. The lowest BCUT2D eigenvalue weighted by Crippen LogP contribution is -2.42. The topological polar surface area (TPSA) is 144 Å². The van der Waals surface area contributed by atoms with Gasteiger partial charge >= 0.3 is 6.09 Å². The van der Waals surface area contributed by atoms with Crippen LogP contribution in [-0.4, -0.2) is 59.9 Å². The van der Waals surface area contributed by atoms with E-state index in [9.17, 15) is 14.0 Å². The van der Waals surface area contributed by atoms with E-state index < -0.39 is 41.3 Å². The Morgan fingerprint density at radius 3 is 2.51 bits per heavy atom. The minimum atomic E-state index is -0.932. The normalized spacial score (nSPS) is 15.1. The summed E-state index contributed by atoms with van der Waals surface area (Å²) in [7, 11) is 0. The first-order valence-corrected chi connectivity index (χ1v) is 13.8. The van der Waals surface area contributed by atoms with E-state index in [1.54, 1.807) is 32.6 Å². The van der Waals surface area contributed by atoms with Crippen LogP contribution in [0.2, 0.25) is 0 Å². The molecule has 0 spiro atoms. The molecule has 0 bridgehead atoms. The number of pyridine rings is 2. The van der Waals surface area contributed by atoms with E-state index in [1.807, 2.05) is 17.5 Å². The summed E-state index contributed by atoms with van der Waals surface area (Å²) in [6.45, 7) is 8.93. The zero-order valence-corrected chi connectivity index (χ0v) is 24.0. The number of rotatable bonds is 9. The highest BCUT2D eigenvalue weighted by molar-refractivity contribution is 7.10. The van der Waals surface area contributed by atoms with E-state index in [0.717, 1.165) is 10.9 Å². The predicted octanol–water partition coefficient (Wildman–Crippen LogP) is 4.56. The van der Waals surface area contributed by atoms with E-state index in [4.69, 9.17) is 15.2 Å². The molecule has 14 heteroatoms. The van der Waals surface area contributed by atoms with Gasteiger partial charge in [0.2, 0.25) is 0 Å². The molecule has 1 saturated heterocycles. The Balaban J connectivity index is 1.61. The molecule has 0 aromatic carbocycles. The maximum absolute atomic E-state index is 15.2. The first-order valence-electron chi connectivity index (χ1n) is 13.0. The smallest absolute Gasteiger partial charge is 0.407 e. The van der Waals surface area contributed by atoms with Crippen LogP contribution >= 0.6 is 11.3 Å². The van der Waals surface area contributed by atoms with Crippen molar-refractivity contribution in [1.82, 2.24) is 15.3 Å². The standard InChI is InChI=1S/C27H33F2N7O4S/c1-15(32-26(38)40-27(2,3)4)21(20-6-5-11-41-20)34-24-18(28)13-17(22(30)37)23(35-24)33-16-12-19(29)25(31-14-16)36-7-9-39-10-8-36/h5-6,11-15,21H,7-10H2,1-4H3,(H2,30,37)(H,32,38)(H2,33,34,35)/t15-,21-/m0/s1. The molecule has 11 nitrogen and oxygen atoms in total. The number of aromatic nitrogens is 2. The molecule has 3 aromatic heterocycles. The van der Waals surface area contributed by atoms with Gasteiger partial charge in [-0.15, -0.1) is 11.3 Å². The number of nitrogens with one attached hydrogen (secondary N) is 3. The van der Waals surface area contributed by atoms with Gasteiger partial charge in [0, 0.05) is 24.0 Å². The molecule has 220 valence electrons. The molecule has 0 saturated carbocycles. The number of amides is 2. The summed E-state index contributed by atoms with van der Waals surface area (Å²) >= 11 is 1.40. The molecule has 4 heterocycles. The Morgan fingerprint density at radius 2 is 1.90 bits per heavy atom. The molecule has 3 aromatic rings. The molecular weight excluding hydrogens is 556 g/mol. The lowest BCUT2D eigenvalue weighted by molar-refractivity contribution is 0.0503. The number of carbonyl (C=O) groups excluding carboxylic acids is 2. The minimum Gasteiger partial charge on any atom is -0.444 e. The van der Waals surface area contributed by atoms with Gasteiger partial charge in [-0.2, -0.15) is 0 Å². The average molecular weight is 590 g/mol. The molecule has 1 fully saturated rings. The van der Waals surface area contributed by atoms with Gasteiger partial charge in [0.25, 0.3) is 5.91 Å². The molecule has 1 aliphatic heterocycles. The molecule has 0 aliphatic carbocycles. The number of halogens is 2. The molecule has 2 atom stereocenters. The third-order valence-electron chi connectivity index (χ3n) is 6.02. The van der Waals surface area contributed by atoms with Gasteiger partial charge < -0.3 is 36.1 Å². The average Bonchev–Trinajstić information content (AvgIpc) is 3.42. The Hall–Kier alpha value is -4.04. The Morgan fingerprint density at radius 1 is 1.17 bits per heavy atom. The molecule has 5 N–H and O–H groups in total. The van der Waals surface area contributed by atoms with Crippen LogP contribution in [0.4, 0.5) is 36.7 Å². The summed E-state index contributed by atoms with van der Waals surface area (Å²) < 4.78 is 40.9. The van der Waals surface area contributed by atoms with Crippen molar-refractivity contribution in [1.29, 1.82) is 0 Å². The van der Waals surface area contributed by atoms with E-state index in [2.05, 4.69) is 25.9 Å². The zero-order chi connectivity index (χ0) is 29.7. The Kier molecular flexibility index (Phi) is 9.23. The van der Waals surface area contributed by atoms with Crippen molar-refractivity contribution in [2.45, 2.75) is 45.4 Å². The zero-order valence-electron chi connectivity index (χ0n) is 23.2. The maximum Gasteiger partial charge on any atom is 0.407 e. The first kappa shape index (κ1) is 29.9. The number of hydrogen-bond acceptors (Lipinski definition) is 10. The Labute approximate surface area is 240 Å². The van der Waals surface area contributed by atoms with Crippen LogP contribution in [-0.2, 0) is 9.47 Å². The fourth-order valence-electron chi connectivity index (χ4n) is 4.15. The highest BCUT2D eigenvalue weighted by Crippen LogP contribution is 2.31. The monoisotopic (exact) mass is 589 g/mol. The quantitative estimate of drug-likeness (QED) is 0.282. The number of ether oxygens (including phenoxy) is 2. The van der Waals surface area contributed by atoms with Crippen LogP contribution in [0.25, 0.3) is 0 Å². The van der Waals surface area contributed by atoms with Crippen molar-refractivity contribution in [3.8, 4) is 0 Å². The number of alkyl carbamates (subject to hydrolysis) is 1. The summed E-state index contributed by atoms with van der Waals surface area (Å²) in [6, 6.07) is 4.62. The molecule has 1 aliphatic rings. The SMILES string of the molecule is C[C@H](NC(=O)OC(C)(C)C)[C@H](Nc1nc(Nc2cnc(N3CCOCC3)c(F)c2)c(C(N)=O)cc1F)c1cccs1. The molecule has 41 heavy (non-hydrogen) atoms. The minimum absolute atomic E-state index is 0.0978. The summed E-state index contributed by atoms with van der Waals surface area (Å²) in [5, 5.41) is 10.5. The number of morpholine rings is 1. The van der Waals surface area contributed by atoms with Gasteiger partial charge in [-0.3, -0.25) is 4.79 Å². The first-order chi connectivity index (χ1) is 19.4. The lowest BCUT2D eigenvalue weighted by atomic mass is 10.1. The van der Waals surface area contributed by atoms with E-state index in [-0.39, 0.29) is 28.7 Å². The van der Waals surface area contributed by atoms with Crippen LogP contribution in [0, 0.1) is 11.6 Å². The summed E-state index contributed by atoms with van der Waals surface area (Å²) in [6.07, 6.45) is 0.751. The van der Waals surface area contributed by atoms with Crippen LogP contribution in [0.3, 0.4) is 0 Å². The van der Waals surface area contributed by atoms with Crippen molar-refractivity contribution < 1.29 is 27.8 Å². The summed E-state index contributed by atoms with van der Waals surface area (Å²) in [5.41, 5.74) is 4.74. The molecule has 2 amide bonds. The number of nitrogens with two attached hydrogens (primary N) is 1. The molecule has 0 radical (unpaired) electrons. The second-order valence-corrected chi connectivity index (χ2v) is 11.4. The van der Waals surface area contributed by atoms with Gasteiger partial charge in [-0.1, -0.05) is 6.07 Å². The number of carbonyl (C=O) groups is 2. The van der Waals surface area contributed by atoms with Gasteiger partial charge in [0.15, 0.2) is 23.3 Å². The van der Waals surface area contributed by atoms with E-state index in [1.165, 1.54) is 23.6 Å². The molecular formula is C27H33F2N7O4S. The largest absolute Gasteiger partial charge is 0.444 e. The van der Waals surface area contributed by atoms with Gasteiger partial charge in [0.1, 0.15) is 11.4 Å². The predicted molar refractivity (Wildman–Crippen MR) is 153 cm³/mol. The van der Waals surface area contributed by atoms with Crippen LogP contribution < -0.4 is 26.6 Å². The fourth-order valence-corrected chi connectivity index (χ4v) is 5.03. The van der Waals surface area contributed by atoms with Gasteiger partial charge in [0.05, 0.1) is 42.7 Å². The third-order valence-corrected chi connectivity index (χ3v) is 6.98.